The van der Waals surface area contributed by atoms with E-state index in [1.807, 2.05) is 54.6 Å². The highest BCUT2D eigenvalue weighted by Crippen LogP contribution is 2.26. The first-order chi connectivity index (χ1) is 10.3. The maximum absolute atomic E-state index is 8.95. The Hall–Kier alpha value is -3.06. The molecule has 4 nitrogen and oxygen atoms in total. The lowest BCUT2D eigenvalue weighted by Crippen LogP contribution is -1.97. The van der Waals surface area contributed by atoms with Gasteiger partial charge in [0.05, 0.1) is 16.8 Å². The molecule has 102 valence electrons. The first-order valence-corrected chi connectivity index (χ1v) is 6.53. The van der Waals surface area contributed by atoms with E-state index in [4.69, 9.17) is 15.7 Å². The number of hydrogen-bond donors (Lipinski definition) is 1. The van der Waals surface area contributed by atoms with Gasteiger partial charge in [-0.3, -0.25) is 4.98 Å². The highest BCUT2D eigenvalue weighted by molar-refractivity contribution is 5.93. The molecule has 3 aromatic rings. The molecule has 0 fully saturated rings. The van der Waals surface area contributed by atoms with Crippen molar-refractivity contribution in [3.05, 3.63) is 65.9 Å². The van der Waals surface area contributed by atoms with Gasteiger partial charge in [-0.15, -0.1) is 0 Å². The second-order valence-corrected chi connectivity index (χ2v) is 4.65. The Morgan fingerprint density at radius 1 is 1.14 bits per heavy atom. The lowest BCUT2D eigenvalue weighted by molar-refractivity contribution is 0.306. The fourth-order valence-electron chi connectivity index (χ4n) is 2.11. The Balaban J connectivity index is 1.87. The number of anilines is 1. The van der Waals surface area contributed by atoms with E-state index in [1.165, 1.54) is 6.20 Å². The van der Waals surface area contributed by atoms with E-state index in [1.54, 1.807) is 0 Å². The summed E-state index contributed by atoms with van der Waals surface area (Å²) in [6, 6.07) is 17.5. The van der Waals surface area contributed by atoms with Crippen LogP contribution in [-0.2, 0) is 6.61 Å². The zero-order valence-electron chi connectivity index (χ0n) is 11.3. The second kappa shape index (κ2) is 5.51. The molecule has 2 N–H and O–H groups in total. The molecular formula is C17H13N3O. The summed E-state index contributed by atoms with van der Waals surface area (Å²) >= 11 is 0. The number of pyridine rings is 1. The summed E-state index contributed by atoms with van der Waals surface area (Å²) < 4.78 is 5.75. The lowest BCUT2D eigenvalue weighted by Gasteiger charge is -2.08. The van der Waals surface area contributed by atoms with Gasteiger partial charge in [-0.05, 0) is 17.7 Å². The highest BCUT2D eigenvalue weighted by atomic mass is 16.5. The number of ether oxygens (including phenoxy) is 1. The van der Waals surface area contributed by atoms with Gasteiger partial charge in [0.1, 0.15) is 18.4 Å². The van der Waals surface area contributed by atoms with Gasteiger partial charge in [-0.2, -0.15) is 5.26 Å². The van der Waals surface area contributed by atoms with Crippen LogP contribution in [0, 0.1) is 11.3 Å². The molecule has 0 radical (unpaired) electrons. The van der Waals surface area contributed by atoms with Gasteiger partial charge in [-0.1, -0.05) is 30.3 Å². The minimum absolute atomic E-state index is 0.389. The van der Waals surface area contributed by atoms with Gasteiger partial charge < -0.3 is 10.5 Å². The zero-order valence-corrected chi connectivity index (χ0v) is 11.3. The third-order valence-electron chi connectivity index (χ3n) is 3.25. The van der Waals surface area contributed by atoms with Crippen molar-refractivity contribution in [3.63, 3.8) is 0 Å². The molecule has 1 heterocycles. The summed E-state index contributed by atoms with van der Waals surface area (Å²) in [6.07, 6.45) is 1.48. The van der Waals surface area contributed by atoms with E-state index in [-0.39, 0.29) is 0 Å². The maximum Gasteiger partial charge on any atom is 0.122 e. The van der Waals surface area contributed by atoms with Crippen LogP contribution in [0.3, 0.4) is 0 Å². The molecule has 0 saturated heterocycles. The molecule has 0 bridgehead atoms. The second-order valence-electron chi connectivity index (χ2n) is 4.65. The average Bonchev–Trinajstić information content (AvgIpc) is 2.54. The monoisotopic (exact) mass is 275 g/mol. The minimum Gasteiger partial charge on any atom is -0.489 e. The van der Waals surface area contributed by atoms with Crippen molar-refractivity contribution in [1.82, 2.24) is 4.98 Å². The Kier molecular flexibility index (Phi) is 3.40. The Morgan fingerprint density at radius 3 is 2.71 bits per heavy atom. The van der Waals surface area contributed by atoms with Crippen LogP contribution >= 0.6 is 0 Å². The summed E-state index contributed by atoms with van der Waals surface area (Å²) in [6.45, 7) is 0.498. The Bertz CT molecular complexity index is 823. The number of rotatable bonds is 3. The molecule has 0 aliphatic heterocycles. The Morgan fingerprint density at radius 2 is 1.95 bits per heavy atom. The molecule has 3 rings (SSSR count). The molecule has 0 saturated carbocycles. The van der Waals surface area contributed by atoms with E-state index in [2.05, 4.69) is 4.98 Å². The standard InChI is InChI=1S/C17H13N3O/c18-9-13-10-20-16-8-14(6-7-15(16)17(13)19)21-11-12-4-2-1-3-5-12/h1-8,10H,11H2,(H2,19,20). The molecule has 0 aliphatic rings. The van der Waals surface area contributed by atoms with Crippen LogP contribution in [-0.4, -0.2) is 4.98 Å². The molecule has 0 spiro atoms. The van der Waals surface area contributed by atoms with Crippen molar-refractivity contribution in [3.8, 4) is 11.8 Å². The summed E-state index contributed by atoms with van der Waals surface area (Å²) in [5, 5.41) is 9.71. The van der Waals surface area contributed by atoms with Crippen LogP contribution in [0.2, 0.25) is 0 Å². The summed E-state index contributed by atoms with van der Waals surface area (Å²) in [4.78, 5) is 4.25. The van der Waals surface area contributed by atoms with Crippen LogP contribution in [0.5, 0.6) is 5.75 Å². The first-order valence-electron chi connectivity index (χ1n) is 6.53. The topological polar surface area (TPSA) is 71.9 Å². The Labute approximate surface area is 122 Å². The summed E-state index contributed by atoms with van der Waals surface area (Å²) in [5.41, 5.74) is 8.61. The van der Waals surface area contributed by atoms with Crippen LogP contribution < -0.4 is 10.5 Å². The fourth-order valence-corrected chi connectivity index (χ4v) is 2.11. The van der Waals surface area contributed by atoms with E-state index in [0.29, 0.717) is 17.9 Å². The van der Waals surface area contributed by atoms with Crippen molar-refractivity contribution in [1.29, 1.82) is 5.26 Å². The number of hydrogen-bond acceptors (Lipinski definition) is 4. The predicted molar refractivity (Wildman–Crippen MR) is 81.6 cm³/mol. The van der Waals surface area contributed by atoms with Crippen molar-refractivity contribution >= 4 is 16.6 Å². The smallest absolute Gasteiger partial charge is 0.122 e. The molecule has 4 heteroatoms. The van der Waals surface area contributed by atoms with Crippen LogP contribution in [0.25, 0.3) is 10.9 Å². The quantitative estimate of drug-likeness (QED) is 0.796. The van der Waals surface area contributed by atoms with Gasteiger partial charge >= 0.3 is 0 Å². The average molecular weight is 275 g/mol. The predicted octanol–water partition coefficient (Wildman–Crippen LogP) is 3.27. The van der Waals surface area contributed by atoms with Gasteiger partial charge in [0.25, 0.3) is 0 Å². The van der Waals surface area contributed by atoms with Crippen molar-refractivity contribution < 1.29 is 4.74 Å². The molecule has 2 aromatic carbocycles. The minimum atomic E-state index is 0.389. The fraction of sp³-hybridized carbons (Fsp3) is 0.0588. The SMILES string of the molecule is N#Cc1cnc2cc(OCc3ccccc3)ccc2c1N. The van der Waals surface area contributed by atoms with Crippen LogP contribution in [0.1, 0.15) is 11.1 Å². The van der Waals surface area contributed by atoms with Gasteiger partial charge in [0.15, 0.2) is 0 Å². The summed E-state index contributed by atoms with van der Waals surface area (Å²) in [5.74, 6) is 0.725. The van der Waals surface area contributed by atoms with Crippen LogP contribution in [0.15, 0.2) is 54.7 Å². The van der Waals surface area contributed by atoms with E-state index in [9.17, 15) is 0 Å². The summed E-state index contributed by atoms with van der Waals surface area (Å²) in [7, 11) is 0. The van der Waals surface area contributed by atoms with Gasteiger partial charge in [-0.25, -0.2) is 0 Å². The van der Waals surface area contributed by atoms with Gasteiger partial charge in [0, 0.05) is 17.6 Å². The van der Waals surface area contributed by atoms with Crippen molar-refractivity contribution in [2.75, 3.05) is 5.73 Å². The van der Waals surface area contributed by atoms with Crippen molar-refractivity contribution in [2.24, 2.45) is 0 Å². The van der Waals surface area contributed by atoms with Gasteiger partial charge in [0.2, 0.25) is 0 Å². The van der Waals surface area contributed by atoms with E-state index < -0.39 is 0 Å². The molecule has 0 amide bonds. The number of nitrogen functional groups attached to an aromatic ring is 1. The van der Waals surface area contributed by atoms with E-state index >= 15 is 0 Å². The number of benzene rings is 2. The molecule has 1 aromatic heterocycles. The highest BCUT2D eigenvalue weighted by Gasteiger charge is 2.06. The lowest BCUT2D eigenvalue weighted by atomic mass is 10.1. The zero-order chi connectivity index (χ0) is 14.7. The normalized spacial score (nSPS) is 10.2. The number of fused-ring (bicyclic) bond motifs is 1. The first kappa shape index (κ1) is 12.9. The number of nitrogens with two attached hydrogens (primary N) is 1. The van der Waals surface area contributed by atoms with Crippen LogP contribution in [0.4, 0.5) is 5.69 Å². The molecule has 0 unspecified atom stereocenters. The van der Waals surface area contributed by atoms with Crippen molar-refractivity contribution in [2.45, 2.75) is 6.61 Å². The molecule has 0 aliphatic carbocycles. The number of nitriles is 1. The molecular weight excluding hydrogens is 262 g/mol. The molecule has 0 atom stereocenters. The number of nitrogens with zero attached hydrogens (tertiary/aromatic N) is 2. The third kappa shape index (κ3) is 2.63. The number of aromatic nitrogens is 1. The largest absolute Gasteiger partial charge is 0.489 e. The molecule has 21 heavy (non-hydrogen) atoms. The maximum atomic E-state index is 8.95. The third-order valence-corrected chi connectivity index (χ3v) is 3.25. The van der Waals surface area contributed by atoms with E-state index in [0.717, 1.165) is 22.2 Å².